The van der Waals surface area contributed by atoms with Crippen molar-refractivity contribution in [3.63, 3.8) is 0 Å². The highest BCUT2D eigenvalue weighted by Gasteiger charge is 2.10. The number of aryl methyl sites for hydroxylation is 2. The summed E-state index contributed by atoms with van der Waals surface area (Å²) in [4.78, 5) is 5.37. The fraction of sp³-hybridized carbons (Fsp3) is 0.143. The van der Waals surface area contributed by atoms with E-state index in [0.29, 0.717) is 5.56 Å². The lowest BCUT2D eigenvalue weighted by Crippen LogP contribution is -2.14. The third-order valence-electron chi connectivity index (χ3n) is 2.62. The number of halogens is 1. The molecule has 0 fully saturated rings. The first-order valence-corrected chi connectivity index (χ1v) is 7.51. The van der Waals surface area contributed by atoms with Crippen molar-refractivity contribution in [2.75, 3.05) is 0 Å². The first-order valence-electron chi connectivity index (χ1n) is 5.90. The SMILES string of the molecule is Cc1cc(C)nc(Sc2cc(Br)ccc2/C(N)=N/O)c1. The van der Waals surface area contributed by atoms with Crippen LogP contribution in [0.15, 0.2) is 49.9 Å². The molecule has 0 radical (unpaired) electrons. The van der Waals surface area contributed by atoms with Crippen molar-refractivity contribution in [1.82, 2.24) is 4.98 Å². The molecule has 0 aliphatic rings. The minimum absolute atomic E-state index is 0.0874. The van der Waals surface area contributed by atoms with Crippen LogP contribution < -0.4 is 5.73 Å². The van der Waals surface area contributed by atoms with Crippen molar-refractivity contribution >= 4 is 33.5 Å². The van der Waals surface area contributed by atoms with Crippen LogP contribution in [0.5, 0.6) is 0 Å². The predicted octanol–water partition coefficient (Wildman–Crippen LogP) is 3.71. The molecule has 2 rings (SSSR count). The third kappa shape index (κ3) is 3.52. The number of hydrogen-bond donors (Lipinski definition) is 2. The normalized spacial score (nSPS) is 11.7. The van der Waals surface area contributed by atoms with Gasteiger partial charge in [-0.05, 0) is 49.7 Å². The molecule has 1 heterocycles. The van der Waals surface area contributed by atoms with E-state index in [-0.39, 0.29) is 5.84 Å². The molecule has 1 aromatic heterocycles. The molecule has 4 nitrogen and oxygen atoms in total. The zero-order chi connectivity index (χ0) is 14.7. The molecule has 0 saturated carbocycles. The maximum absolute atomic E-state index is 8.86. The lowest BCUT2D eigenvalue weighted by atomic mass is 10.2. The van der Waals surface area contributed by atoms with Crippen molar-refractivity contribution in [1.29, 1.82) is 0 Å². The summed E-state index contributed by atoms with van der Waals surface area (Å²) in [5, 5.41) is 12.8. The minimum Gasteiger partial charge on any atom is -0.409 e. The summed E-state index contributed by atoms with van der Waals surface area (Å²) < 4.78 is 0.930. The Morgan fingerprint density at radius 1 is 1.30 bits per heavy atom. The van der Waals surface area contributed by atoms with Crippen LogP contribution in [0.1, 0.15) is 16.8 Å². The molecular weight excluding hydrogens is 338 g/mol. The fourth-order valence-corrected chi connectivity index (χ4v) is 3.46. The number of nitrogens with two attached hydrogens (primary N) is 1. The zero-order valence-electron chi connectivity index (χ0n) is 11.1. The van der Waals surface area contributed by atoms with Gasteiger partial charge in [0.25, 0.3) is 0 Å². The van der Waals surface area contributed by atoms with Crippen LogP contribution in [0.2, 0.25) is 0 Å². The second-order valence-electron chi connectivity index (χ2n) is 4.35. The molecule has 0 unspecified atom stereocenters. The molecular formula is C14H14BrN3OS. The smallest absolute Gasteiger partial charge is 0.171 e. The Labute approximate surface area is 130 Å². The van der Waals surface area contributed by atoms with Crippen LogP contribution in [0.4, 0.5) is 0 Å². The third-order valence-corrected chi connectivity index (χ3v) is 4.09. The van der Waals surface area contributed by atoms with E-state index in [2.05, 4.69) is 26.1 Å². The summed E-state index contributed by atoms with van der Waals surface area (Å²) in [6.07, 6.45) is 0. The Kier molecular flexibility index (Phi) is 4.67. The van der Waals surface area contributed by atoms with Crippen molar-refractivity contribution in [3.05, 3.63) is 51.6 Å². The Morgan fingerprint density at radius 2 is 2.05 bits per heavy atom. The first kappa shape index (κ1) is 14.9. The standard InChI is InChI=1S/C14H14BrN3OS/c1-8-5-9(2)17-13(6-8)20-12-7-10(15)3-4-11(12)14(16)18-19/h3-7,19H,1-2H3,(H2,16,18). The number of rotatable bonds is 3. The summed E-state index contributed by atoms with van der Waals surface area (Å²) in [5.41, 5.74) is 8.51. The largest absolute Gasteiger partial charge is 0.409 e. The average Bonchev–Trinajstić information content (AvgIpc) is 2.37. The Hall–Kier alpha value is -1.53. The molecule has 104 valence electrons. The molecule has 20 heavy (non-hydrogen) atoms. The number of aromatic nitrogens is 1. The number of nitrogens with zero attached hydrogens (tertiary/aromatic N) is 2. The van der Waals surface area contributed by atoms with Gasteiger partial charge in [0.15, 0.2) is 5.84 Å². The lowest BCUT2D eigenvalue weighted by Gasteiger charge is -2.09. The number of benzene rings is 1. The molecule has 0 aliphatic carbocycles. The van der Waals surface area contributed by atoms with E-state index in [1.165, 1.54) is 11.8 Å². The van der Waals surface area contributed by atoms with Gasteiger partial charge in [0, 0.05) is 20.6 Å². The Morgan fingerprint density at radius 3 is 2.70 bits per heavy atom. The van der Waals surface area contributed by atoms with E-state index < -0.39 is 0 Å². The highest BCUT2D eigenvalue weighted by Crippen LogP contribution is 2.32. The molecule has 6 heteroatoms. The number of oxime groups is 1. The van der Waals surface area contributed by atoms with E-state index in [4.69, 9.17) is 10.9 Å². The van der Waals surface area contributed by atoms with Crippen molar-refractivity contribution in [3.8, 4) is 0 Å². The highest BCUT2D eigenvalue weighted by atomic mass is 79.9. The summed E-state index contributed by atoms with van der Waals surface area (Å²) in [6.45, 7) is 3.99. The van der Waals surface area contributed by atoms with Gasteiger partial charge in [-0.15, -0.1) is 0 Å². The summed E-state index contributed by atoms with van der Waals surface area (Å²) in [7, 11) is 0. The van der Waals surface area contributed by atoms with Gasteiger partial charge in [-0.3, -0.25) is 0 Å². The van der Waals surface area contributed by atoms with Crippen molar-refractivity contribution in [2.45, 2.75) is 23.8 Å². The second kappa shape index (κ2) is 6.28. The summed E-state index contributed by atoms with van der Waals surface area (Å²) in [6, 6.07) is 9.62. The predicted molar refractivity (Wildman–Crippen MR) is 84.5 cm³/mol. The molecule has 0 atom stereocenters. The Balaban J connectivity index is 2.44. The number of hydrogen-bond acceptors (Lipinski definition) is 4. The van der Waals surface area contributed by atoms with Gasteiger partial charge in [0.1, 0.15) is 5.03 Å². The minimum atomic E-state index is 0.0874. The van der Waals surface area contributed by atoms with Crippen LogP contribution in [-0.2, 0) is 0 Å². The van der Waals surface area contributed by atoms with Crippen LogP contribution in [0.3, 0.4) is 0 Å². The zero-order valence-corrected chi connectivity index (χ0v) is 13.5. The molecule has 0 spiro atoms. The quantitative estimate of drug-likeness (QED) is 0.382. The van der Waals surface area contributed by atoms with Crippen LogP contribution in [0, 0.1) is 13.8 Å². The van der Waals surface area contributed by atoms with E-state index in [1.807, 2.05) is 44.2 Å². The number of pyridine rings is 1. The van der Waals surface area contributed by atoms with Crippen molar-refractivity contribution in [2.24, 2.45) is 10.9 Å². The molecule has 1 aromatic carbocycles. The molecule has 0 saturated heterocycles. The summed E-state index contributed by atoms with van der Waals surface area (Å²) >= 11 is 4.92. The van der Waals surface area contributed by atoms with E-state index in [9.17, 15) is 0 Å². The first-order chi connectivity index (χ1) is 9.49. The van der Waals surface area contributed by atoms with Gasteiger partial charge in [0.2, 0.25) is 0 Å². The van der Waals surface area contributed by atoms with Gasteiger partial charge < -0.3 is 10.9 Å². The van der Waals surface area contributed by atoms with Crippen LogP contribution >= 0.6 is 27.7 Å². The van der Waals surface area contributed by atoms with Gasteiger partial charge in [-0.1, -0.05) is 32.8 Å². The maximum Gasteiger partial charge on any atom is 0.171 e. The van der Waals surface area contributed by atoms with Gasteiger partial charge in [-0.25, -0.2) is 4.98 Å². The molecule has 0 aliphatic heterocycles. The van der Waals surface area contributed by atoms with Crippen molar-refractivity contribution < 1.29 is 5.21 Å². The number of amidine groups is 1. The molecule has 0 bridgehead atoms. The molecule has 0 amide bonds. The Bertz CT molecular complexity index is 653. The highest BCUT2D eigenvalue weighted by molar-refractivity contribution is 9.10. The van der Waals surface area contributed by atoms with Crippen LogP contribution in [-0.4, -0.2) is 16.0 Å². The van der Waals surface area contributed by atoms with E-state index >= 15 is 0 Å². The van der Waals surface area contributed by atoms with Crippen LogP contribution in [0.25, 0.3) is 0 Å². The monoisotopic (exact) mass is 351 g/mol. The average molecular weight is 352 g/mol. The molecule has 2 aromatic rings. The summed E-state index contributed by atoms with van der Waals surface area (Å²) in [5.74, 6) is 0.0874. The molecule has 3 N–H and O–H groups in total. The topological polar surface area (TPSA) is 71.5 Å². The fourth-order valence-electron chi connectivity index (χ4n) is 1.82. The van der Waals surface area contributed by atoms with E-state index in [0.717, 1.165) is 25.7 Å². The van der Waals surface area contributed by atoms with Gasteiger partial charge in [0.05, 0.1) is 0 Å². The van der Waals surface area contributed by atoms with Gasteiger partial charge in [-0.2, -0.15) is 0 Å². The van der Waals surface area contributed by atoms with Gasteiger partial charge >= 0.3 is 0 Å². The van der Waals surface area contributed by atoms with E-state index in [1.54, 1.807) is 0 Å². The lowest BCUT2D eigenvalue weighted by molar-refractivity contribution is 0.318. The second-order valence-corrected chi connectivity index (χ2v) is 6.33. The maximum atomic E-state index is 8.86.